The Kier molecular flexibility index (Phi) is 4.62. The summed E-state index contributed by atoms with van der Waals surface area (Å²) in [7, 11) is 0. The topological polar surface area (TPSA) is 12.5 Å². The molecule has 1 heterocycles. The molecule has 1 aromatic carbocycles. The second-order valence-corrected chi connectivity index (χ2v) is 5.30. The number of nitrogens with zero attached hydrogens (tertiary/aromatic N) is 1. The van der Waals surface area contributed by atoms with Gasteiger partial charge in [-0.25, -0.2) is 4.39 Å². The molecule has 0 aromatic heterocycles. The zero-order valence-electron chi connectivity index (χ0n) is 10.8. The van der Waals surface area contributed by atoms with Crippen LogP contribution >= 0.6 is 15.9 Å². The molecule has 2 rings (SSSR count). The van der Waals surface area contributed by atoms with Gasteiger partial charge in [0.15, 0.2) is 0 Å². The Morgan fingerprint density at radius 2 is 2.28 bits per heavy atom. The molecule has 0 N–H and O–H groups in total. The van der Waals surface area contributed by atoms with Crippen LogP contribution in [-0.4, -0.2) is 25.3 Å². The molecule has 18 heavy (non-hydrogen) atoms. The van der Waals surface area contributed by atoms with Gasteiger partial charge in [0.05, 0.1) is 24.4 Å². The molecule has 4 heteroatoms. The minimum Gasteiger partial charge on any atom is -0.375 e. The van der Waals surface area contributed by atoms with Gasteiger partial charge in [-0.15, -0.1) is 0 Å². The van der Waals surface area contributed by atoms with Crippen LogP contribution < -0.4 is 4.90 Å². The summed E-state index contributed by atoms with van der Waals surface area (Å²) in [5.41, 5.74) is 1.74. The van der Waals surface area contributed by atoms with Crippen LogP contribution in [0.5, 0.6) is 0 Å². The van der Waals surface area contributed by atoms with Crippen LogP contribution in [0.2, 0.25) is 0 Å². The third-order valence-electron chi connectivity index (χ3n) is 3.44. The number of hydrogen-bond acceptors (Lipinski definition) is 2. The first-order valence-corrected chi connectivity index (χ1v) is 7.51. The Bertz CT molecular complexity index is 413. The van der Waals surface area contributed by atoms with Crippen LogP contribution in [-0.2, 0) is 10.1 Å². The molecule has 1 aliphatic rings. The molecule has 1 fully saturated rings. The van der Waals surface area contributed by atoms with E-state index in [9.17, 15) is 4.39 Å². The molecule has 2 nitrogen and oxygen atoms in total. The molecule has 0 amide bonds. The molecule has 2 unspecified atom stereocenters. The Morgan fingerprint density at radius 1 is 1.50 bits per heavy atom. The standard InChI is InChI=1S/C14H19BrFNO/c1-3-12-9-18-10(2)8-17(12)14-11(7-15)5-4-6-13(14)16/h4-6,10,12H,3,7-9H2,1-2H3. The Morgan fingerprint density at radius 3 is 2.94 bits per heavy atom. The summed E-state index contributed by atoms with van der Waals surface area (Å²) < 4.78 is 19.8. The molecule has 0 radical (unpaired) electrons. The molecule has 0 saturated carbocycles. The average molecular weight is 316 g/mol. The van der Waals surface area contributed by atoms with Crippen molar-refractivity contribution >= 4 is 21.6 Å². The lowest BCUT2D eigenvalue weighted by molar-refractivity contribution is 0.0296. The number of para-hydroxylation sites is 1. The molecule has 0 aliphatic carbocycles. The second-order valence-electron chi connectivity index (χ2n) is 4.74. The van der Waals surface area contributed by atoms with Crippen LogP contribution in [0.15, 0.2) is 18.2 Å². The Hall–Kier alpha value is -0.610. The van der Waals surface area contributed by atoms with E-state index in [1.54, 1.807) is 6.07 Å². The summed E-state index contributed by atoms with van der Waals surface area (Å²) in [6.07, 6.45) is 1.11. The quantitative estimate of drug-likeness (QED) is 0.788. The van der Waals surface area contributed by atoms with E-state index in [0.29, 0.717) is 11.9 Å². The van der Waals surface area contributed by atoms with Crippen LogP contribution in [0.4, 0.5) is 10.1 Å². The van der Waals surface area contributed by atoms with Gasteiger partial charge in [-0.05, 0) is 25.0 Å². The van der Waals surface area contributed by atoms with E-state index in [1.807, 2.05) is 13.0 Å². The molecule has 0 bridgehead atoms. The maximum atomic E-state index is 14.2. The van der Waals surface area contributed by atoms with Gasteiger partial charge < -0.3 is 9.64 Å². The zero-order chi connectivity index (χ0) is 13.1. The van der Waals surface area contributed by atoms with Crippen molar-refractivity contribution in [1.82, 2.24) is 0 Å². The number of ether oxygens (including phenoxy) is 1. The highest BCUT2D eigenvalue weighted by Crippen LogP contribution is 2.31. The highest BCUT2D eigenvalue weighted by Gasteiger charge is 2.28. The Labute approximate surface area is 116 Å². The second kappa shape index (κ2) is 6.02. The molecule has 0 spiro atoms. The minimum absolute atomic E-state index is 0.139. The van der Waals surface area contributed by atoms with E-state index in [1.165, 1.54) is 6.07 Å². The molecule has 1 saturated heterocycles. The van der Waals surface area contributed by atoms with Crippen molar-refractivity contribution < 1.29 is 9.13 Å². The summed E-state index contributed by atoms with van der Waals surface area (Å²) in [5.74, 6) is -0.139. The van der Waals surface area contributed by atoms with Crippen molar-refractivity contribution in [3.05, 3.63) is 29.6 Å². The lowest BCUT2D eigenvalue weighted by Gasteiger charge is -2.40. The van der Waals surface area contributed by atoms with Gasteiger partial charge in [-0.3, -0.25) is 0 Å². The molecule has 1 aliphatic heterocycles. The molecule has 2 atom stereocenters. The summed E-state index contributed by atoms with van der Waals surface area (Å²) >= 11 is 3.44. The summed E-state index contributed by atoms with van der Waals surface area (Å²) in [5, 5.41) is 0.669. The van der Waals surface area contributed by atoms with Gasteiger partial charge >= 0.3 is 0 Å². The average Bonchev–Trinajstić information content (AvgIpc) is 2.38. The highest BCUT2D eigenvalue weighted by molar-refractivity contribution is 9.08. The van der Waals surface area contributed by atoms with Gasteiger partial charge in [-0.1, -0.05) is 35.0 Å². The van der Waals surface area contributed by atoms with Crippen LogP contribution in [0, 0.1) is 5.82 Å². The SMILES string of the molecule is CCC1COC(C)CN1c1c(F)cccc1CBr. The first kappa shape index (κ1) is 13.8. The van der Waals surface area contributed by atoms with Crippen molar-refractivity contribution in [3.8, 4) is 0 Å². The fraction of sp³-hybridized carbons (Fsp3) is 0.571. The third-order valence-corrected chi connectivity index (χ3v) is 4.04. The van der Waals surface area contributed by atoms with E-state index in [0.717, 1.165) is 24.2 Å². The van der Waals surface area contributed by atoms with Gasteiger partial charge in [0, 0.05) is 11.9 Å². The van der Waals surface area contributed by atoms with Gasteiger partial charge in [0.1, 0.15) is 5.82 Å². The normalized spacial score (nSPS) is 24.3. The van der Waals surface area contributed by atoms with Crippen molar-refractivity contribution in [2.75, 3.05) is 18.1 Å². The lowest BCUT2D eigenvalue weighted by Crippen LogP contribution is -2.49. The predicted octanol–water partition coefficient (Wildman–Crippen LogP) is 3.72. The number of rotatable bonds is 3. The smallest absolute Gasteiger partial charge is 0.146 e. The number of benzene rings is 1. The molecular weight excluding hydrogens is 297 g/mol. The number of anilines is 1. The van der Waals surface area contributed by atoms with Gasteiger partial charge in [0.25, 0.3) is 0 Å². The van der Waals surface area contributed by atoms with E-state index in [4.69, 9.17) is 4.74 Å². The molecular formula is C14H19BrFNO. The first-order valence-electron chi connectivity index (χ1n) is 6.39. The van der Waals surface area contributed by atoms with Crippen LogP contribution in [0.25, 0.3) is 0 Å². The largest absolute Gasteiger partial charge is 0.375 e. The summed E-state index contributed by atoms with van der Waals surface area (Å²) in [6, 6.07) is 5.53. The van der Waals surface area contributed by atoms with Crippen molar-refractivity contribution in [1.29, 1.82) is 0 Å². The fourth-order valence-corrected chi connectivity index (χ4v) is 2.90. The molecule has 100 valence electrons. The van der Waals surface area contributed by atoms with Crippen molar-refractivity contribution in [2.45, 2.75) is 37.7 Å². The van der Waals surface area contributed by atoms with Crippen LogP contribution in [0.1, 0.15) is 25.8 Å². The number of morpholine rings is 1. The summed E-state index contributed by atoms with van der Waals surface area (Å²) in [6.45, 7) is 5.58. The molecule has 1 aromatic rings. The monoisotopic (exact) mass is 315 g/mol. The zero-order valence-corrected chi connectivity index (χ0v) is 12.4. The maximum Gasteiger partial charge on any atom is 0.146 e. The van der Waals surface area contributed by atoms with Crippen molar-refractivity contribution in [2.24, 2.45) is 0 Å². The summed E-state index contributed by atoms with van der Waals surface area (Å²) in [4.78, 5) is 2.17. The predicted molar refractivity (Wildman–Crippen MR) is 75.9 cm³/mol. The lowest BCUT2D eigenvalue weighted by atomic mass is 10.1. The van der Waals surface area contributed by atoms with E-state index in [-0.39, 0.29) is 18.0 Å². The number of hydrogen-bond donors (Lipinski definition) is 0. The van der Waals surface area contributed by atoms with E-state index in [2.05, 4.69) is 27.8 Å². The fourth-order valence-electron chi connectivity index (χ4n) is 2.45. The maximum absolute atomic E-state index is 14.2. The number of alkyl halides is 1. The van der Waals surface area contributed by atoms with Gasteiger partial charge in [-0.2, -0.15) is 0 Å². The van der Waals surface area contributed by atoms with E-state index >= 15 is 0 Å². The number of halogens is 2. The highest BCUT2D eigenvalue weighted by atomic mass is 79.9. The van der Waals surface area contributed by atoms with Gasteiger partial charge in [0.2, 0.25) is 0 Å². The van der Waals surface area contributed by atoms with Crippen molar-refractivity contribution in [3.63, 3.8) is 0 Å². The van der Waals surface area contributed by atoms with E-state index < -0.39 is 0 Å². The minimum atomic E-state index is -0.139. The van der Waals surface area contributed by atoms with Crippen LogP contribution in [0.3, 0.4) is 0 Å². The third kappa shape index (κ3) is 2.69. The Balaban J connectivity index is 2.38. The first-order chi connectivity index (χ1) is 8.67.